The molecular formula is C11H10N2O3S. The first-order valence-corrected chi connectivity index (χ1v) is 5.81. The van der Waals surface area contributed by atoms with Gasteiger partial charge in [0.15, 0.2) is 0 Å². The maximum atomic E-state index is 11.9. The van der Waals surface area contributed by atoms with E-state index < -0.39 is 5.97 Å². The number of thiophene rings is 1. The lowest BCUT2D eigenvalue weighted by Gasteiger charge is -2.06. The van der Waals surface area contributed by atoms with E-state index >= 15 is 0 Å². The molecule has 2 N–H and O–H groups in total. The number of aromatic nitrogens is 1. The summed E-state index contributed by atoms with van der Waals surface area (Å²) in [6.45, 7) is -0.223. The topological polar surface area (TPSA) is 71.3 Å². The zero-order valence-corrected chi connectivity index (χ0v) is 9.61. The number of aliphatic carboxylic acids is 1. The predicted octanol–water partition coefficient (Wildman–Crippen LogP) is 1.89. The summed E-state index contributed by atoms with van der Waals surface area (Å²) in [5, 5.41) is 15.1. The maximum absolute atomic E-state index is 11.9. The minimum atomic E-state index is -0.981. The first kappa shape index (κ1) is 11.4. The highest BCUT2D eigenvalue weighted by Gasteiger charge is 2.12. The van der Waals surface area contributed by atoms with Crippen LogP contribution in [0.25, 0.3) is 0 Å². The standard InChI is InChI=1S/C11H10N2O3S/c14-10(15)6-13-4-1-2-9(13)11(16)12-8-3-5-17-7-8/h1-5,7H,6H2,(H,12,16)(H,14,15). The first-order chi connectivity index (χ1) is 8.16. The summed E-state index contributed by atoms with van der Waals surface area (Å²) >= 11 is 1.48. The third kappa shape index (κ3) is 2.73. The number of nitrogens with zero attached hydrogens (tertiary/aromatic N) is 1. The SMILES string of the molecule is O=C(O)Cn1cccc1C(=O)Nc1ccsc1. The molecule has 0 aliphatic carbocycles. The fourth-order valence-corrected chi connectivity index (χ4v) is 2.02. The predicted molar refractivity (Wildman–Crippen MR) is 64.3 cm³/mol. The van der Waals surface area contributed by atoms with Gasteiger partial charge in [0.2, 0.25) is 0 Å². The van der Waals surface area contributed by atoms with E-state index in [2.05, 4.69) is 5.32 Å². The molecule has 0 spiro atoms. The van der Waals surface area contributed by atoms with E-state index in [1.807, 2.05) is 10.8 Å². The van der Waals surface area contributed by atoms with E-state index in [-0.39, 0.29) is 12.5 Å². The number of carbonyl (C=O) groups is 2. The van der Waals surface area contributed by atoms with Gasteiger partial charge in [-0.2, -0.15) is 11.3 Å². The second-order valence-corrected chi connectivity index (χ2v) is 4.16. The Bertz CT molecular complexity index is 531. The number of hydrogen-bond acceptors (Lipinski definition) is 3. The van der Waals surface area contributed by atoms with Crippen LogP contribution in [0.1, 0.15) is 10.5 Å². The number of hydrogen-bond donors (Lipinski definition) is 2. The quantitative estimate of drug-likeness (QED) is 0.870. The number of amides is 1. The highest BCUT2D eigenvalue weighted by atomic mass is 32.1. The van der Waals surface area contributed by atoms with Crippen LogP contribution in [0, 0.1) is 0 Å². The van der Waals surface area contributed by atoms with Gasteiger partial charge in [0.1, 0.15) is 12.2 Å². The molecule has 1 amide bonds. The zero-order chi connectivity index (χ0) is 12.3. The summed E-state index contributed by atoms with van der Waals surface area (Å²) in [5.41, 5.74) is 1.04. The van der Waals surface area contributed by atoms with E-state index in [0.717, 1.165) is 0 Å². The second kappa shape index (κ2) is 4.84. The number of carboxylic acid groups (broad SMARTS) is 1. The van der Waals surface area contributed by atoms with Crippen LogP contribution in [0.2, 0.25) is 0 Å². The van der Waals surface area contributed by atoms with Crippen LogP contribution in [0.3, 0.4) is 0 Å². The van der Waals surface area contributed by atoms with Crippen molar-refractivity contribution < 1.29 is 14.7 Å². The van der Waals surface area contributed by atoms with Gasteiger partial charge in [-0.15, -0.1) is 0 Å². The van der Waals surface area contributed by atoms with Gasteiger partial charge < -0.3 is 15.0 Å². The van der Waals surface area contributed by atoms with Crippen molar-refractivity contribution in [1.29, 1.82) is 0 Å². The summed E-state index contributed by atoms with van der Waals surface area (Å²) in [4.78, 5) is 22.5. The number of rotatable bonds is 4. The van der Waals surface area contributed by atoms with Crippen LogP contribution < -0.4 is 5.32 Å². The smallest absolute Gasteiger partial charge is 0.323 e. The van der Waals surface area contributed by atoms with Gasteiger partial charge in [-0.25, -0.2) is 0 Å². The molecule has 2 rings (SSSR count). The Hall–Kier alpha value is -2.08. The lowest BCUT2D eigenvalue weighted by atomic mass is 10.3. The monoisotopic (exact) mass is 250 g/mol. The minimum absolute atomic E-state index is 0.223. The van der Waals surface area contributed by atoms with Gasteiger partial charge in [-0.1, -0.05) is 0 Å². The van der Waals surface area contributed by atoms with Crippen molar-refractivity contribution >= 4 is 28.9 Å². The summed E-state index contributed by atoms with van der Waals surface area (Å²) < 4.78 is 1.39. The fourth-order valence-electron chi connectivity index (χ4n) is 1.43. The van der Waals surface area contributed by atoms with Gasteiger partial charge in [0.05, 0.1) is 5.69 Å². The largest absolute Gasteiger partial charge is 0.480 e. The highest BCUT2D eigenvalue weighted by molar-refractivity contribution is 7.08. The molecule has 2 aromatic rings. The van der Waals surface area contributed by atoms with Crippen molar-refractivity contribution in [3.63, 3.8) is 0 Å². The Morgan fingerprint density at radius 2 is 2.24 bits per heavy atom. The molecule has 2 aromatic heterocycles. The number of anilines is 1. The Morgan fingerprint density at radius 1 is 1.41 bits per heavy atom. The lowest BCUT2D eigenvalue weighted by molar-refractivity contribution is -0.137. The molecule has 0 bridgehead atoms. The average Bonchev–Trinajstić information content (AvgIpc) is 2.87. The van der Waals surface area contributed by atoms with Crippen LogP contribution in [-0.2, 0) is 11.3 Å². The highest BCUT2D eigenvalue weighted by Crippen LogP contribution is 2.13. The van der Waals surface area contributed by atoms with Crippen molar-refractivity contribution in [1.82, 2.24) is 4.57 Å². The van der Waals surface area contributed by atoms with Crippen molar-refractivity contribution in [2.24, 2.45) is 0 Å². The van der Waals surface area contributed by atoms with E-state index in [1.165, 1.54) is 15.9 Å². The number of carbonyl (C=O) groups excluding carboxylic acids is 1. The fraction of sp³-hybridized carbons (Fsp3) is 0.0909. The lowest BCUT2D eigenvalue weighted by Crippen LogP contribution is -2.19. The molecule has 0 atom stereocenters. The Labute approximate surface area is 101 Å². The number of carboxylic acids is 1. The van der Waals surface area contributed by atoms with Crippen molar-refractivity contribution in [2.45, 2.75) is 6.54 Å². The zero-order valence-electron chi connectivity index (χ0n) is 8.79. The summed E-state index contributed by atoms with van der Waals surface area (Å²) in [5.74, 6) is -1.29. The normalized spacial score (nSPS) is 10.1. The van der Waals surface area contributed by atoms with Crippen LogP contribution in [0.15, 0.2) is 35.2 Å². The molecule has 0 saturated heterocycles. The van der Waals surface area contributed by atoms with Gasteiger partial charge in [0.25, 0.3) is 5.91 Å². The van der Waals surface area contributed by atoms with E-state index in [1.54, 1.807) is 24.4 Å². The molecular weight excluding hydrogens is 240 g/mol. The summed E-state index contributed by atoms with van der Waals surface area (Å²) in [6, 6.07) is 5.02. The molecule has 0 radical (unpaired) electrons. The molecule has 0 unspecified atom stereocenters. The third-order valence-electron chi connectivity index (χ3n) is 2.15. The molecule has 5 nitrogen and oxygen atoms in total. The van der Waals surface area contributed by atoms with Gasteiger partial charge in [-0.05, 0) is 23.6 Å². The molecule has 2 heterocycles. The Balaban J connectivity index is 2.14. The average molecular weight is 250 g/mol. The van der Waals surface area contributed by atoms with Crippen LogP contribution in [0.4, 0.5) is 5.69 Å². The van der Waals surface area contributed by atoms with Crippen LogP contribution >= 0.6 is 11.3 Å². The van der Waals surface area contributed by atoms with Crippen molar-refractivity contribution in [3.05, 3.63) is 40.8 Å². The summed E-state index contributed by atoms with van der Waals surface area (Å²) in [7, 11) is 0. The molecule has 0 fully saturated rings. The molecule has 0 aliphatic rings. The van der Waals surface area contributed by atoms with Crippen LogP contribution in [-0.4, -0.2) is 21.6 Å². The van der Waals surface area contributed by atoms with E-state index in [0.29, 0.717) is 11.4 Å². The third-order valence-corrected chi connectivity index (χ3v) is 2.83. The Morgan fingerprint density at radius 3 is 2.88 bits per heavy atom. The molecule has 0 aromatic carbocycles. The van der Waals surface area contributed by atoms with E-state index in [4.69, 9.17) is 5.11 Å². The van der Waals surface area contributed by atoms with Crippen molar-refractivity contribution in [3.8, 4) is 0 Å². The minimum Gasteiger partial charge on any atom is -0.480 e. The number of nitrogens with one attached hydrogen (secondary N) is 1. The van der Waals surface area contributed by atoms with Gasteiger partial charge in [0, 0.05) is 11.6 Å². The van der Waals surface area contributed by atoms with E-state index in [9.17, 15) is 9.59 Å². The second-order valence-electron chi connectivity index (χ2n) is 3.38. The molecule has 0 aliphatic heterocycles. The Kier molecular flexibility index (Phi) is 3.24. The molecule has 88 valence electrons. The molecule has 6 heteroatoms. The first-order valence-electron chi connectivity index (χ1n) is 4.87. The summed E-state index contributed by atoms with van der Waals surface area (Å²) in [6.07, 6.45) is 1.57. The molecule has 0 saturated carbocycles. The molecule has 17 heavy (non-hydrogen) atoms. The van der Waals surface area contributed by atoms with Gasteiger partial charge >= 0.3 is 5.97 Å². The van der Waals surface area contributed by atoms with Gasteiger partial charge in [-0.3, -0.25) is 9.59 Å². The van der Waals surface area contributed by atoms with Crippen LogP contribution in [0.5, 0.6) is 0 Å². The maximum Gasteiger partial charge on any atom is 0.323 e. The van der Waals surface area contributed by atoms with Crippen molar-refractivity contribution in [2.75, 3.05) is 5.32 Å².